The molecule has 168 valence electrons. The summed E-state index contributed by atoms with van der Waals surface area (Å²) in [6.07, 6.45) is 0. The standard InChI is InChI=1S/C21H18F4N4O2S/c22-14-6-5-13(11-15(14)23)19(31)28-9-7-27(8-10-28)18(30)12-29-17-4-2-1-3-16(17)26-21(29)32-20(24)25/h1-6,11,20H,7-10,12H2. The number of piperazine rings is 1. The van der Waals surface area contributed by atoms with Crippen LogP contribution in [0.3, 0.4) is 0 Å². The van der Waals surface area contributed by atoms with Crippen LogP contribution in [0.2, 0.25) is 0 Å². The van der Waals surface area contributed by atoms with Gasteiger partial charge in [-0.05, 0) is 42.1 Å². The van der Waals surface area contributed by atoms with Crippen molar-refractivity contribution in [2.24, 2.45) is 0 Å². The summed E-state index contributed by atoms with van der Waals surface area (Å²) < 4.78 is 53.9. The summed E-state index contributed by atoms with van der Waals surface area (Å²) in [4.78, 5) is 32.6. The zero-order chi connectivity index (χ0) is 22.8. The van der Waals surface area contributed by atoms with Gasteiger partial charge in [0.25, 0.3) is 11.7 Å². The number of hydrogen-bond acceptors (Lipinski definition) is 4. The second-order valence-corrected chi connectivity index (χ2v) is 8.11. The molecule has 32 heavy (non-hydrogen) atoms. The first kappa shape index (κ1) is 22.1. The van der Waals surface area contributed by atoms with Crippen molar-refractivity contribution in [3.05, 3.63) is 59.7 Å². The van der Waals surface area contributed by atoms with Gasteiger partial charge < -0.3 is 14.4 Å². The second kappa shape index (κ2) is 9.19. The van der Waals surface area contributed by atoms with Gasteiger partial charge in [-0.1, -0.05) is 12.1 Å². The molecule has 2 heterocycles. The summed E-state index contributed by atoms with van der Waals surface area (Å²) in [5.74, 6) is -5.55. The minimum absolute atomic E-state index is 0.0298. The first-order chi connectivity index (χ1) is 15.3. The number of para-hydroxylation sites is 2. The quantitative estimate of drug-likeness (QED) is 0.426. The lowest BCUT2D eigenvalue weighted by Gasteiger charge is -2.35. The van der Waals surface area contributed by atoms with Gasteiger partial charge in [0.15, 0.2) is 16.8 Å². The third-order valence-electron chi connectivity index (χ3n) is 5.19. The van der Waals surface area contributed by atoms with Crippen molar-refractivity contribution in [3.63, 3.8) is 0 Å². The number of carbonyl (C=O) groups excluding carboxylic acids is 2. The summed E-state index contributed by atoms with van der Waals surface area (Å²) in [6.45, 7) is 0.739. The fourth-order valence-electron chi connectivity index (χ4n) is 3.58. The second-order valence-electron chi connectivity index (χ2n) is 7.15. The SMILES string of the molecule is O=C(Cn1c(SC(F)F)nc2ccccc21)N1CCN(C(=O)c2ccc(F)c(F)c2)CC1. The van der Waals surface area contributed by atoms with Crippen molar-refractivity contribution in [1.29, 1.82) is 0 Å². The van der Waals surface area contributed by atoms with Gasteiger partial charge in [-0.15, -0.1) is 0 Å². The average molecular weight is 466 g/mol. The summed E-state index contributed by atoms with van der Waals surface area (Å²) in [5.41, 5.74) is 1.13. The molecule has 1 aliphatic heterocycles. The smallest absolute Gasteiger partial charge is 0.291 e. The molecule has 6 nitrogen and oxygen atoms in total. The predicted molar refractivity (Wildman–Crippen MR) is 110 cm³/mol. The van der Waals surface area contributed by atoms with Crippen LogP contribution in [0.5, 0.6) is 0 Å². The maximum Gasteiger partial charge on any atom is 0.291 e. The molecule has 2 aromatic carbocycles. The van der Waals surface area contributed by atoms with E-state index in [9.17, 15) is 27.2 Å². The monoisotopic (exact) mass is 466 g/mol. The largest absolute Gasteiger partial charge is 0.338 e. The van der Waals surface area contributed by atoms with Crippen molar-refractivity contribution >= 4 is 34.6 Å². The summed E-state index contributed by atoms with van der Waals surface area (Å²) >= 11 is 0.281. The molecule has 0 N–H and O–H groups in total. The Morgan fingerprint density at radius 2 is 1.66 bits per heavy atom. The Morgan fingerprint density at radius 1 is 0.969 bits per heavy atom. The summed E-state index contributed by atoms with van der Waals surface area (Å²) in [6, 6.07) is 9.84. The van der Waals surface area contributed by atoms with Gasteiger partial charge in [0.2, 0.25) is 5.91 Å². The minimum atomic E-state index is -2.67. The van der Waals surface area contributed by atoms with Crippen LogP contribution in [0.15, 0.2) is 47.6 Å². The number of rotatable bonds is 5. The number of fused-ring (bicyclic) bond motifs is 1. The Bertz CT molecular complexity index is 1160. The molecule has 0 radical (unpaired) electrons. The highest BCUT2D eigenvalue weighted by molar-refractivity contribution is 7.99. The topological polar surface area (TPSA) is 58.4 Å². The van der Waals surface area contributed by atoms with Gasteiger partial charge in [-0.25, -0.2) is 13.8 Å². The Hall–Kier alpha value is -3.08. The highest BCUT2D eigenvalue weighted by Gasteiger charge is 2.27. The summed E-state index contributed by atoms with van der Waals surface area (Å²) in [5, 5.41) is 0.0571. The summed E-state index contributed by atoms with van der Waals surface area (Å²) in [7, 11) is 0. The first-order valence-electron chi connectivity index (χ1n) is 9.75. The highest BCUT2D eigenvalue weighted by atomic mass is 32.2. The molecule has 0 unspecified atom stereocenters. The van der Waals surface area contributed by atoms with Crippen molar-refractivity contribution in [2.45, 2.75) is 17.5 Å². The molecule has 0 spiro atoms. The van der Waals surface area contributed by atoms with Crippen LogP contribution in [0.25, 0.3) is 11.0 Å². The maximum absolute atomic E-state index is 13.4. The number of benzene rings is 2. The Morgan fingerprint density at radius 3 is 2.34 bits per heavy atom. The number of alkyl halides is 2. The molecule has 4 rings (SSSR count). The number of amides is 2. The maximum atomic E-state index is 13.4. The fourth-order valence-corrected chi connectivity index (χ4v) is 4.18. The Labute approximate surface area is 184 Å². The lowest BCUT2D eigenvalue weighted by atomic mass is 10.1. The third kappa shape index (κ3) is 4.57. The van der Waals surface area contributed by atoms with E-state index in [1.54, 1.807) is 29.2 Å². The Balaban J connectivity index is 1.43. The predicted octanol–water partition coefficient (Wildman–Crippen LogP) is 3.61. The molecule has 1 saturated heterocycles. The molecular formula is C21H18F4N4O2S. The van der Waals surface area contributed by atoms with Crippen molar-refractivity contribution in [2.75, 3.05) is 26.2 Å². The van der Waals surface area contributed by atoms with Crippen molar-refractivity contribution in [3.8, 4) is 0 Å². The number of aromatic nitrogens is 2. The molecule has 0 atom stereocenters. The normalized spacial score (nSPS) is 14.4. The molecule has 0 bridgehead atoms. The molecule has 1 aliphatic rings. The van der Waals surface area contributed by atoms with E-state index in [0.29, 0.717) is 11.0 Å². The van der Waals surface area contributed by atoms with Crippen LogP contribution in [-0.4, -0.2) is 63.1 Å². The van der Waals surface area contributed by atoms with Gasteiger partial charge in [0, 0.05) is 31.7 Å². The van der Waals surface area contributed by atoms with Gasteiger partial charge in [-0.2, -0.15) is 8.78 Å². The lowest BCUT2D eigenvalue weighted by molar-refractivity contribution is -0.133. The fraction of sp³-hybridized carbons (Fsp3) is 0.286. The molecule has 0 saturated carbocycles. The average Bonchev–Trinajstić information content (AvgIpc) is 3.11. The van der Waals surface area contributed by atoms with E-state index in [0.717, 1.165) is 12.1 Å². The van der Waals surface area contributed by atoms with E-state index in [1.807, 2.05) is 0 Å². The van der Waals surface area contributed by atoms with Gasteiger partial charge in [0.1, 0.15) is 6.54 Å². The highest BCUT2D eigenvalue weighted by Crippen LogP contribution is 2.28. The molecular weight excluding hydrogens is 448 g/mol. The van der Waals surface area contributed by atoms with Crippen molar-refractivity contribution < 1.29 is 27.2 Å². The van der Waals surface area contributed by atoms with Crippen LogP contribution in [0, 0.1) is 11.6 Å². The van der Waals surface area contributed by atoms with Crippen LogP contribution >= 0.6 is 11.8 Å². The van der Waals surface area contributed by atoms with Crippen LogP contribution < -0.4 is 0 Å². The zero-order valence-electron chi connectivity index (χ0n) is 16.7. The van der Waals surface area contributed by atoms with E-state index in [2.05, 4.69) is 4.98 Å². The molecule has 0 aliphatic carbocycles. The third-order valence-corrected chi connectivity index (χ3v) is 5.89. The van der Waals surface area contributed by atoms with E-state index in [1.165, 1.54) is 15.5 Å². The molecule has 3 aromatic rings. The number of carbonyl (C=O) groups is 2. The minimum Gasteiger partial charge on any atom is -0.338 e. The number of hydrogen-bond donors (Lipinski definition) is 0. The van der Waals surface area contributed by atoms with Gasteiger partial charge >= 0.3 is 0 Å². The molecule has 11 heteroatoms. The number of halogens is 4. The number of nitrogens with zero attached hydrogens (tertiary/aromatic N) is 4. The van der Waals surface area contributed by atoms with Crippen molar-refractivity contribution in [1.82, 2.24) is 19.4 Å². The van der Waals surface area contributed by atoms with Crippen LogP contribution in [0.1, 0.15) is 10.4 Å². The van der Waals surface area contributed by atoms with Gasteiger partial charge in [0.05, 0.1) is 11.0 Å². The van der Waals surface area contributed by atoms with Crippen LogP contribution in [-0.2, 0) is 11.3 Å². The van der Waals surface area contributed by atoms with E-state index in [4.69, 9.17) is 0 Å². The van der Waals surface area contributed by atoms with Gasteiger partial charge in [-0.3, -0.25) is 9.59 Å². The molecule has 1 aromatic heterocycles. The zero-order valence-corrected chi connectivity index (χ0v) is 17.5. The molecule has 2 amide bonds. The van der Waals surface area contributed by atoms with E-state index in [-0.39, 0.29) is 61.1 Å². The Kier molecular flexibility index (Phi) is 6.35. The molecule has 1 fully saturated rings. The number of thioether (sulfide) groups is 1. The first-order valence-corrected chi connectivity index (χ1v) is 10.6. The van der Waals surface area contributed by atoms with Crippen LogP contribution in [0.4, 0.5) is 17.6 Å². The number of imidazole rings is 1. The van der Waals surface area contributed by atoms with E-state index >= 15 is 0 Å². The lowest BCUT2D eigenvalue weighted by Crippen LogP contribution is -2.51. The van der Waals surface area contributed by atoms with E-state index < -0.39 is 23.3 Å².